The van der Waals surface area contributed by atoms with Gasteiger partial charge in [-0.1, -0.05) is 35.5 Å². The average Bonchev–Trinajstić information content (AvgIpc) is 2.73. The Morgan fingerprint density at radius 3 is 2.58 bits per heavy atom. The summed E-state index contributed by atoms with van der Waals surface area (Å²) < 4.78 is 1.15. The van der Waals surface area contributed by atoms with Gasteiger partial charge in [0.05, 0.1) is 22.3 Å². The third-order valence-corrected chi connectivity index (χ3v) is 5.35. The van der Waals surface area contributed by atoms with Crippen LogP contribution in [0.3, 0.4) is 0 Å². The molecule has 0 spiro atoms. The van der Waals surface area contributed by atoms with Crippen molar-refractivity contribution in [2.45, 2.75) is 5.16 Å². The van der Waals surface area contributed by atoms with E-state index in [9.17, 15) is 19.2 Å². The molecule has 31 heavy (non-hydrogen) atoms. The maximum atomic E-state index is 12.5. The van der Waals surface area contributed by atoms with Crippen molar-refractivity contribution in [3.05, 3.63) is 90.8 Å². The van der Waals surface area contributed by atoms with Gasteiger partial charge in [-0.15, -0.1) is 0 Å². The van der Waals surface area contributed by atoms with Crippen LogP contribution in [0.15, 0.2) is 74.1 Å². The highest BCUT2D eigenvalue weighted by Crippen LogP contribution is 2.17. The standard InChI is InChI=1S/C20H14ClN5O4S/c21-11-5-7-12(8-6-11)26-15(9-16(27)24-20(26)30)23-17(28)10-31-19-22-14-4-2-1-3-13(14)18(29)25-19/h1-9H,10H2,(H,23,28)(H,22,25,29)(H,24,27,30). The van der Waals surface area contributed by atoms with Crippen molar-refractivity contribution in [1.29, 1.82) is 0 Å². The topological polar surface area (TPSA) is 130 Å². The van der Waals surface area contributed by atoms with Gasteiger partial charge in [-0.2, -0.15) is 0 Å². The number of thioether (sulfide) groups is 1. The second kappa shape index (κ2) is 8.62. The molecule has 11 heteroatoms. The van der Waals surface area contributed by atoms with E-state index >= 15 is 0 Å². The molecular formula is C20H14ClN5O4S. The molecule has 0 aliphatic rings. The first-order chi connectivity index (χ1) is 14.9. The first-order valence-electron chi connectivity index (χ1n) is 8.95. The molecule has 0 saturated heterocycles. The zero-order chi connectivity index (χ0) is 22.0. The molecule has 9 nitrogen and oxygen atoms in total. The van der Waals surface area contributed by atoms with Crippen molar-refractivity contribution in [3.8, 4) is 5.69 Å². The molecule has 0 saturated carbocycles. The smallest absolute Gasteiger partial charge is 0.311 e. The third-order valence-electron chi connectivity index (χ3n) is 4.23. The summed E-state index contributed by atoms with van der Waals surface area (Å²) in [6.07, 6.45) is 0. The summed E-state index contributed by atoms with van der Waals surface area (Å²) in [6, 6.07) is 14.3. The lowest BCUT2D eigenvalue weighted by atomic mass is 10.2. The van der Waals surface area contributed by atoms with Crippen LogP contribution in [0.4, 0.5) is 5.82 Å². The van der Waals surface area contributed by atoms with Gasteiger partial charge < -0.3 is 10.3 Å². The lowest BCUT2D eigenvalue weighted by Crippen LogP contribution is -2.32. The van der Waals surface area contributed by atoms with E-state index in [1.54, 1.807) is 48.5 Å². The molecule has 0 bridgehead atoms. The monoisotopic (exact) mass is 455 g/mol. The minimum Gasteiger partial charge on any atom is -0.311 e. The number of para-hydroxylation sites is 1. The van der Waals surface area contributed by atoms with Crippen LogP contribution in [0.5, 0.6) is 0 Å². The number of H-pyrrole nitrogens is 2. The number of aromatic nitrogens is 4. The summed E-state index contributed by atoms with van der Waals surface area (Å²) in [4.78, 5) is 57.9. The number of benzene rings is 2. The predicted octanol–water partition coefficient (Wildman–Crippen LogP) is 2.15. The van der Waals surface area contributed by atoms with Gasteiger partial charge in [-0.3, -0.25) is 19.4 Å². The van der Waals surface area contributed by atoms with Gasteiger partial charge in [0, 0.05) is 11.1 Å². The second-order valence-electron chi connectivity index (χ2n) is 6.36. The fourth-order valence-electron chi connectivity index (χ4n) is 2.88. The maximum absolute atomic E-state index is 12.5. The Morgan fingerprint density at radius 2 is 1.81 bits per heavy atom. The summed E-state index contributed by atoms with van der Waals surface area (Å²) >= 11 is 6.91. The van der Waals surface area contributed by atoms with E-state index in [2.05, 4.69) is 20.3 Å². The minimum absolute atomic E-state index is 0.00152. The van der Waals surface area contributed by atoms with Crippen molar-refractivity contribution in [2.24, 2.45) is 0 Å². The van der Waals surface area contributed by atoms with Crippen molar-refractivity contribution in [1.82, 2.24) is 19.5 Å². The number of aromatic amines is 2. The SMILES string of the molecule is O=C(CSc1nc2ccccc2c(=O)[nH]1)Nc1cc(=O)[nH]c(=O)n1-c1ccc(Cl)cc1. The number of amides is 1. The number of halogens is 1. The Balaban J connectivity index is 1.56. The van der Waals surface area contributed by atoms with E-state index < -0.39 is 17.2 Å². The number of anilines is 1. The second-order valence-corrected chi connectivity index (χ2v) is 7.76. The number of fused-ring (bicyclic) bond motifs is 1. The molecule has 2 aromatic carbocycles. The van der Waals surface area contributed by atoms with Crippen LogP contribution in [0.2, 0.25) is 5.02 Å². The molecule has 4 aromatic rings. The molecule has 4 rings (SSSR count). The van der Waals surface area contributed by atoms with Gasteiger partial charge in [-0.05, 0) is 36.4 Å². The molecule has 0 radical (unpaired) electrons. The van der Waals surface area contributed by atoms with Crippen LogP contribution in [0.1, 0.15) is 0 Å². The van der Waals surface area contributed by atoms with Gasteiger partial charge in [0.1, 0.15) is 5.82 Å². The summed E-state index contributed by atoms with van der Waals surface area (Å²) in [5.74, 6) is -0.599. The highest BCUT2D eigenvalue weighted by atomic mass is 35.5. The fourth-order valence-corrected chi connectivity index (χ4v) is 3.67. The number of carbonyl (C=O) groups excluding carboxylic acids is 1. The van der Waals surface area contributed by atoms with E-state index in [1.165, 1.54) is 0 Å². The molecule has 0 aliphatic heterocycles. The van der Waals surface area contributed by atoms with E-state index in [-0.39, 0.29) is 22.3 Å². The maximum Gasteiger partial charge on any atom is 0.334 e. The lowest BCUT2D eigenvalue weighted by molar-refractivity contribution is -0.113. The lowest BCUT2D eigenvalue weighted by Gasteiger charge is -2.13. The third kappa shape index (κ3) is 4.60. The zero-order valence-corrected chi connectivity index (χ0v) is 17.3. The highest BCUT2D eigenvalue weighted by Gasteiger charge is 2.13. The van der Waals surface area contributed by atoms with Gasteiger partial charge >= 0.3 is 5.69 Å². The molecule has 0 fully saturated rings. The van der Waals surface area contributed by atoms with Crippen LogP contribution >= 0.6 is 23.4 Å². The summed E-state index contributed by atoms with van der Waals surface area (Å²) in [5.41, 5.74) is -0.744. The highest BCUT2D eigenvalue weighted by molar-refractivity contribution is 7.99. The number of hydrogen-bond donors (Lipinski definition) is 3. The van der Waals surface area contributed by atoms with Gasteiger partial charge in [0.2, 0.25) is 5.91 Å². The van der Waals surface area contributed by atoms with E-state index in [0.717, 1.165) is 22.4 Å². The Labute approximate surface area is 183 Å². The van der Waals surface area contributed by atoms with Crippen LogP contribution in [0.25, 0.3) is 16.6 Å². The van der Waals surface area contributed by atoms with Crippen LogP contribution in [-0.4, -0.2) is 31.2 Å². The number of rotatable bonds is 5. The molecular weight excluding hydrogens is 442 g/mol. The molecule has 2 aromatic heterocycles. The molecule has 0 unspecified atom stereocenters. The molecule has 3 N–H and O–H groups in total. The Morgan fingerprint density at radius 1 is 1.06 bits per heavy atom. The summed E-state index contributed by atoms with van der Waals surface area (Å²) in [5, 5.41) is 3.76. The van der Waals surface area contributed by atoms with Gasteiger partial charge in [0.25, 0.3) is 11.1 Å². The normalized spacial score (nSPS) is 10.9. The van der Waals surface area contributed by atoms with Crippen LogP contribution in [0, 0.1) is 0 Å². The molecule has 2 heterocycles. The van der Waals surface area contributed by atoms with Crippen molar-refractivity contribution in [3.63, 3.8) is 0 Å². The first kappa shape index (κ1) is 20.6. The van der Waals surface area contributed by atoms with Crippen molar-refractivity contribution >= 4 is 46.0 Å². The van der Waals surface area contributed by atoms with Gasteiger partial charge in [0.15, 0.2) is 5.16 Å². The van der Waals surface area contributed by atoms with Crippen molar-refractivity contribution < 1.29 is 4.79 Å². The molecule has 156 valence electrons. The summed E-state index contributed by atoms with van der Waals surface area (Å²) in [6.45, 7) is 0. The molecule has 1 amide bonds. The van der Waals surface area contributed by atoms with Gasteiger partial charge in [-0.25, -0.2) is 14.3 Å². The number of nitrogens with zero attached hydrogens (tertiary/aromatic N) is 2. The quantitative estimate of drug-likeness (QED) is 0.312. The first-order valence-corrected chi connectivity index (χ1v) is 10.3. The van der Waals surface area contributed by atoms with E-state index in [4.69, 9.17) is 11.6 Å². The largest absolute Gasteiger partial charge is 0.334 e. The summed E-state index contributed by atoms with van der Waals surface area (Å²) in [7, 11) is 0. The Kier molecular flexibility index (Phi) is 5.74. The average molecular weight is 456 g/mol. The predicted molar refractivity (Wildman–Crippen MR) is 119 cm³/mol. The Bertz CT molecular complexity index is 1460. The van der Waals surface area contributed by atoms with E-state index in [0.29, 0.717) is 21.6 Å². The number of hydrogen-bond acceptors (Lipinski definition) is 6. The van der Waals surface area contributed by atoms with Crippen LogP contribution < -0.4 is 22.1 Å². The van der Waals surface area contributed by atoms with Crippen molar-refractivity contribution in [2.75, 3.05) is 11.1 Å². The Hall–Kier alpha value is -3.63. The number of nitrogens with one attached hydrogen (secondary N) is 3. The number of carbonyl (C=O) groups is 1. The fraction of sp³-hybridized carbons (Fsp3) is 0.0500. The zero-order valence-electron chi connectivity index (χ0n) is 15.7. The van der Waals surface area contributed by atoms with Crippen LogP contribution in [-0.2, 0) is 4.79 Å². The minimum atomic E-state index is -0.710. The molecule has 0 atom stereocenters. The molecule has 0 aliphatic carbocycles. The van der Waals surface area contributed by atoms with E-state index in [1.807, 2.05) is 0 Å².